The highest BCUT2D eigenvalue weighted by Crippen LogP contribution is 2.07. The Morgan fingerprint density at radius 1 is 1.29 bits per heavy atom. The van der Waals surface area contributed by atoms with E-state index in [1.54, 1.807) is 0 Å². The van der Waals surface area contributed by atoms with Crippen LogP contribution in [0.2, 0.25) is 0 Å². The standard InChI is InChI=1S/C12H17NO/c1-3-10-4-6-11(7-5-10)8-12(13)9(2)14/h4-7,12H,3,8,13H2,1-2H3. The average molecular weight is 191 g/mol. The molecular weight excluding hydrogens is 174 g/mol. The van der Waals surface area contributed by atoms with E-state index in [0.29, 0.717) is 6.42 Å². The number of Topliss-reactive ketones (excluding diaryl/α,β-unsaturated/α-hetero) is 1. The summed E-state index contributed by atoms with van der Waals surface area (Å²) < 4.78 is 0. The van der Waals surface area contributed by atoms with Crippen LogP contribution in [-0.2, 0) is 17.6 Å². The molecule has 0 aliphatic rings. The van der Waals surface area contributed by atoms with Gasteiger partial charge in [0.15, 0.2) is 0 Å². The zero-order valence-corrected chi connectivity index (χ0v) is 8.79. The van der Waals surface area contributed by atoms with Crippen molar-refractivity contribution in [1.29, 1.82) is 0 Å². The average Bonchev–Trinajstić information content (AvgIpc) is 2.19. The van der Waals surface area contributed by atoms with Gasteiger partial charge in [0.2, 0.25) is 0 Å². The van der Waals surface area contributed by atoms with Crippen molar-refractivity contribution in [3.63, 3.8) is 0 Å². The van der Waals surface area contributed by atoms with Gasteiger partial charge in [-0.1, -0.05) is 31.2 Å². The van der Waals surface area contributed by atoms with Crippen LogP contribution in [0.4, 0.5) is 0 Å². The fourth-order valence-electron chi connectivity index (χ4n) is 1.31. The largest absolute Gasteiger partial charge is 0.321 e. The first kappa shape index (κ1) is 10.9. The normalized spacial score (nSPS) is 12.5. The number of carbonyl (C=O) groups excluding carboxylic acids is 1. The predicted molar refractivity (Wildman–Crippen MR) is 58.2 cm³/mol. The molecule has 2 N–H and O–H groups in total. The van der Waals surface area contributed by atoms with Crippen molar-refractivity contribution >= 4 is 5.78 Å². The fourth-order valence-corrected chi connectivity index (χ4v) is 1.31. The summed E-state index contributed by atoms with van der Waals surface area (Å²) in [5, 5.41) is 0. The minimum Gasteiger partial charge on any atom is -0.321 e. The van der Waals surface area contributed by atoms with Crippen LogP contribution in [0.5, 0.6) is 0 Å². The van der Waals surface area contributed by atoms with Crippen LogP contribution >= 0.6 is 0 Å². The molecule has 14 heavy (non-hydrogen) atoms. The Kier molecular flexibility index (Phi) is 3.84. The number of benzene rings is 1. The lowest BCUT2D eigenvalue weighted by Crippen LogP contribution is -2.30. The molecule has 0 aliphatic heterocycles. The van der Waals surface area contributed by atoms with Crippen molar-refractivity contribution in [3.05, 3.63) is 35.4 Å². The minimum atomic E-state index is -0.359. The Bertz CT molecular complexity index is 303. The molecule has 0 spiro atoms. The Morgan fingerprint density at radius 3 is 2.21 bits per heavy atom. The van der Waals surface area contributed by atoms with Gasteiger partial charge in [-0.05, 0) is 30.9 Å². The van der Waals surface area contributed by atoms with Crippen LogP contribution in [0.25, 0.3) is 0 Å². The fraction of sp³-hybridized carbons (Fsp3) is 0.417. The summed E-state index contributed by atoms with van der Waals surface area (Å²) in [4.78, 5) is 10.9. The van der Waals surface area contributed by atoms with Crippen molar-refractivity contribution in [2.24, 2.45) is 5.73 Å². The molecule has 1 unspecified atom stereocenters. The summed E-state index contributed by atoms with van der Waals surface area (Å²) in [5.41, 5.74) is 8.11. The van der Waals surface area contributed by atoms with Crippen LogP contribution in [0.3, 0.4) is 0 Å². The predicted octanol–water partition coefficient (Wildman–Crippen LogP) is 1.71. The van der Waals surface area contributed by atoms with Gasteiger partial charge in [0.05, 0.1) is 6.04 Å². The molecule has 2 nitrogen and oxygen atoms in total. The first-order valence-corrected chi connectivity index (χ1v) is 4.97. The van der Waals surface area contributed by atoms with Gasteiger partial charge in [-0.15, -0.1) is 0 Å². The topological polar surface area (TPSA) is 43.1 Å². The first-order valence-electron chi connectivity index (χ1n) is 4.97. The molecule has 0 fully saturated rings. The monoisotopic (exact) mass is 191 g/mol. The summed E-state index contributed by atoms with van der Waals surface area (Å²) in [5.74, 6) is 0.0459. The molecule has 76 valence electrons. The van der Waals surface area contributed by atoms with Gasteiger partial charge >= 0.3 is 0 Å². The summed E-state index contributed by atoms with van der Waals surface area (Å²) >= 11 is 0. The third kappa shape index (κ3) is 2.96. The molecule has 0 aliphatic carbocycles. The number of carbonyl (C=O) groups is 1. The second kappa shape index (κ2) is 4.91. The molecule has 0 bridgehead atoms. The molecule has 0 saturated carbocycles. The van der Waals surface area contributed by atoms with Crippen molar-refractivity contribution in [2.75, 3.05) is 0 Å². The SMILES string of the molecule is CCc1ccc(CC(N)C(C)=O)cc1. The van der Waals surface area contributed by atoms with E-state index >= 15 is 0 Å². The van der Waals surface area contributed by atoms with Crippen LogP contribution in [-0.4, -0.2) is 11.8 Å². The van der Waals surface area contributed by atoms with Gasteiger partial charge in [-0.25, -0.2) is 0 Å². The highest BCUT2D eigenvalue weighted by atomic mass is 16.1. The van der Waals surface area contributed by atoms with Crippen molar-refractivity contribution in [1.82, 2.24) is 0 Å². The Hall–Kier alpha value is -1.15. The molecule has 1 rings (SSSR count). The van der Waals surface area contributed by atoms with Crippen LogP contribution in [0, 0.1) is 0 Å². The summed E-state index contributed by atoms with van der Waals surface area (Å²) in [7, 11) is 0. The maximum atomic E-state index is 10.9. The molecule has 1 atom stereocenters. The molecule has 0 heterocycles. The second-order valence-corrected chi connectivity index (χ2v) is 3.59. The smallest absolute Gasteiger partial charge is 0.146 e. The van der Waals surface area contributed by atoms with E-state index in [4.69, 9.17) is 5.73 Å². The van der Waals surface area contributed by atoms with E-state index in [0.717, 1.165) is 12.0 Å². The maximum Gasteiger partial charge on any atom is 0.146 e. The van der Waals surface area contributed by atoms with Gasteiger partial charge in [0.1, 0.15) is 5.78 Å². The zero-order chi connectivity index (χ0) is 10.6. The zero-order valence-electron chi connectivity index (χ0n) is 8.79. The van der Waals surface area contributed by atoms with Crippen LogP contribution in [0.15, 0.2) is 24.3 Å². The number of aryl methyl sites for hydroxylation is 1. The third-order valence-electron chi connectivity index (χ3n) is 2.41. The van der Waals surface area contributed by atoms with E-state index in [-0.39, 0.29) is 11.8 Å². The molecule has 0 saturated heterocycles. The number of nitrogens with two attached hydrogens (primary N) is 1. The lowest BCUT2D eigenvalue weighted by molar-refractivity contribution is -0.118. The van der Waals surface area contributed by atoms with E-state index in [1.807, 2.05) is 12.1 Å². The lowest BCUT2D eigenvalue weighted by atomic mass is 10.0. The van der Waals surface area contributed by atoms with Gasteiger partial charge in [-0.3, -0.25) is 4.79 Å². The van der Waals surface area contributed by atoms with Crippen molar-refractivity contribution < 1.29 is 4.79 Å². The Morgan fingerprint density at radius 2 is 1.79 bits per heavy atom. The Balaban J connectivity index is 2.64. The van der Waals surface area contributed by atoms with E-state index in [1.165, 1.54) is 12.5 Å². The maximum absolute atomic E-state index is 10.9. The first-order chi connectivity index (χ1) is 6.63. The summed E-state index contributed by atoms with van der Waals surface area (Å²) in [6.45, 7) is 3.65. The van der Waals surface area contributed by atoms with Gasteiger partial charge in [0.25, 0.3) is 0 Å². The molecule has 1 aromatic rings. The summed E-state index contributed by atoms with van der Waals surface area (Å²) in [6, 6.07) is 7.90. The molecule has 1 aromatic carbocycles. The molecule has 0 amide bonds. The highest BCUT2D eigenvalue weighted by molar-refractivity contribution is 5.81. The summed E-state index contributed by atoms with van der Waals surface area (Å²) in [6.07, 6.45) is 1.68. The van der Waals surface area contributed by atoms with Gasteiger partial charge in [0, 0.05) is 0 Å². The van der Waals surface area contributed by atoms with Crippen molar-refractivity contribution in [2.45, 2.75) is 32.7 Å². The quantitative estimate of drug-likeness (QED) is 0.787. The highest BCUT2D eigenvalue weighted by Gasteiger charge is 2.08. The molecule has 2 heteroatoms. The molecule has 0 aromatic heterocycles. The van der Waals surface area contributed by atoms with E-state index in [9.17, 15) is 4.79 Å². The second-order valence-electron chi connectivity index (χ2n) is 3.59. The number of hydrogen-bond donors (Lipinski definition) is 1. The van der Waals surface area contributed by atoms with Crippen LogP contribution in [0.1, 0.15) is 25.0 Å². The van der Waals surface area contributed by atoms with Crippen LogP contribution < -0.4 is 5.73 Å². The number of rotatable bonds is 4. The molecule has 0 radical (unpaired) electrons. The van der Waals surface area contributed by atoms with Gasteiger partial charge in [-0.2, -0.15) is 0 Å². The number of hydrogen-bond acceptors (Lipinski definition) is 2. The number of ketones is 1. The van der Waals surface area contributed by atoms with Crippen molar-refractivity contribution in [3.8, 4) is 0 Å². The van der Waals surface area contributed by atoms with Gasteiger partial charge < -0.3 is 5.73 Å². The Labute approximate surface area is 85.1 Å². The van der Waals surface area contributed by atoms with E-state index in [2.05, 4.69) is 19.1 Å². The molecular formula is C12H17NO. The lowest BCUT2D eigenvalue weighted by Gasteiger charge is -2.07. The van der Waals surface area contributed by atoms with E-state index < -0.39 is 0 Å². The minimum absolute atomic E-state index is 0.0459. The third-order valence-corrected chi connectivity index (χ3v) is 2.41.